The Morgan fingerprint density at radius 3 is 3.20 bits per heavy atom. The molecule has 1 aliphatic rings. The molecule has 1 atom stereocenters. The Bertz CT molecular complexity index is 605. The number of nitrogens with one attached hydrogen (secondary N) is 1. The van der Waals surface area contributed by atoms with Gasteiger partial charge in [0.15, 0.2) is 0 Å². The van der Waals surface area contributed by atoms with Gasteiger partial charge in [0.05, 0.1) is 10.7 Å². The van der Waals surface area contributed by atoms with Crippen LogP contribution in [0.25, 0.3) is 0 Å². The molecule has 2 heterocycles. The summed E-state index contributed by atoms with van der Waals surface area (Å²) < 4.78 is 0. The number of amides is 1. The SMILES string of the molecule is Cc1nc2c(s1)CCCC2CN(C)C(=O)c1ccn[nH]1. The van der Waals surface area contributed by atoms with Gasteiger partial charge >= 0.3 is 0 Å². The zero-order chi connectivity index (χ0) is 14.1. The lowest BCUT2D eigenvalue weighted by molar-refractivity contribution is 0.0777. The number of rotatable bonds is 3. The van der Waals surface area contributed by atoms with Gasteiger partial charge in [0.1, 0.15) is 5.69 Å². The number of hydrogen-bond donors (Lipinski definition) is 1. The normalized spacial score (nSPS) is 17.8. The Morgan fingerprint density at radius 1 is 1.60 bits per heavy atom. The molecule has 20 heavy (non-hydrogen) atoms. The fourth-order valence-electron chi connectivity index (χ4n) is 2.80. The summed E-state index contributed by atoms with van der Waals surface area (Å²) in [5, 5.41) is 7.68. The van der Waals surface area contributed by atoms with Crippen molar-refractivity contribution in [1.82, 2.24) is 20.1 Å². The Kier molecular flexibility index (Phi) is 3.56. The summed E-state index contributed by atoms with van der Waals surface area (Å²) in [6, 6.07) is 1.71. The molecule has 1 amide bonds. The van der Waals surface area contributed by atoms with Crippen LogP contribution in [-0.4, -0.2) is 39.6 Å². The first-order chi connectivity index (χ1) is 9.65. The van der Waals surface area contributed by atoms with E-state index in [0.717, 1.165) is 17.8 Å². The van der Waals surface area contributed by atoms with Crippen LogP contribution < -0.4 is 0 Å². The predicted molar refractivity (Wildman–Crippen MR) is 78.1 cm³/mol. The van der Waals surface area contributed by atoms with Gasteiger partial charge in [-0.1, -0.05) is 0 Å². The van der Waals surface area contributed by atoms with Crippen molar-refractivity contribution in [3.8, 4) is 0 Å². The average molecular weight is 290 g/mol. The first-order valence-corrected chi connectivity index (χ1v) is 7.68. The smallest absolute Gasteiger partial charge is 0.271 e. The summed E-state index contributed by atoms with van der Waals surface area (Å²) in [6.45, 7) is 2.77. The predicted octanol–water partition coefficient (Wildman–Crippen LogP) is 2.37. The second kappa shape index (κ2) is 5.36. The van der Waals surface area contributed by atoms with Crippen LogP contribution >= 0.6 is 11.3 Å². The highest BCUT2D eigenvalue weighted by Gasteiger charge is 2.26. The fraction of sp³-hybridized carbons (Fsp3) is 0.500. The maximum Gasteiger partial charge on any atom is 0.271 e. The van der Waals surface area contributed by atoms with Gasteiger partial charge in [-0.05, 0) is 32.3 Å². The van der Waals surface area contributed by atoms with E-state index in [4.69, 9.17) is 0 Å². The van der Waals surface area contributed by atoms with E-state index in [-0.39, 0.29) is 5.91 Å². The first-order valence-electron chi connectivity index (χ1n) is 6.86. The van der Waals surface area contributed by atoms with Gasteiger partial charge in [0.2, 0.25) is 0 Å². The van der Waals surface area contributed by atoms with Crippen molar-refractivity contribution in [3.05, 3.63) is 33.5 Å². The third-order valence-electron chi connectivity index (χ3n) is 3.75. The lowest BCUT2D eigenvalue weighted by atomic mass is 9.90. The van der Waals surface area contributed by atoms with Crippen LogP contribution in [0.1, 0.15) is 44.8 Å². The number of carbonyl (C=O) groups excluding carboxylic acids is 1. The quantitative estimate of drug-likeness (QED) is 0.944. The summed E-state index contributed by atoms with van der Waals surface area (Å²) in [5.41, 5.74) is 1.75. The van der Waals surface area contributed by atoms with Crippen LogP contribution in [0, 0.1) is 6.92 Å². The van der Waals surface area contributed by atoms with Crippen LogP contribution in [0.15, 0.2) is 12.3 Å². The van der Waals surface area contributed by atoms with E-state index in [1.165, 1.54) is 17.0 Å². The van der Waals surface area contributed by atoms with Crippen LogP contribution in [0.4, 0.5) is 0 Å². The maximum atomic E-state index is 12.2. The molecule has 3 rings (SSSR count). The highest BCUT2D eigenvalue weighted by atomic mass is 32.1. The number of thiazole rings is 1. The fourth-order valence-corrected chi connectivity index (χ4v) is 3.86. The molecule has 1 aliphatic carbocycles. The van der Waals surface area contributed by atoms with Crippen molar-refractivity contribution in [2.24, 2.45) is 0 Å². The van der Waals surface area contributed by atoms with E-state index in [0.29, 0.717) is 18.2 Å². The molecule has 106 valence electrons. The van der Waals surface area contributed by atoms with Gasteiger partial charge in [0, 0.05) is 30.6 Å². The Labute approximate surface area is 122 Å². The maximum absolute atomic E-state index is 12.2. The van der Waals surface area contributed by atoms with Crippen molar-refractivity contribution >= 4 is 17.2 Å². The van der Waals surface area contributed by atoms with Gasteiger partial charge in [-0.3, -0.25) is 9.89 Å². The molecule has 0 saturated carbocycles. The summed E-state index contributed by atoms with van der Waals surface area (Å²) in [6.07, 6.45) is 5.03. The standard InChI is InChI=1S/C14H18N4OS/c1-9-16-13-10(4-3-5-12(13)20-9)8-18(2)14(19)11-6-7-15-17-11/h6-7,10H,3-5,8H2,1-2H3,(H,15,17). The molecule has 0 aromatic carbocycles. The van der Waals surface area contributed by atoms with Gasteiger partial charge in [-0.25, -0.2) is 4.98 Å². The van der Waals surface area contributed by atoms with Crippen LogP contribution in [-0.2, 0) is 6.42 Å². The molecule has 0 saturated heterocycles. The molecule has 1 N–H and O–H groups in total. The van der Waals surface area contributed by atoms with Gasteiger partial charge in [-0.2, -0.15) is 5.10 Å². The molecule has 0 fully saturated rings. The minimum atomic E-state index is -0.0124. The number of fused-ring (bicyclic) bond motifs is 1. The number of hydrogen-bond acceptors (Lipinski definition) is 4. The number of aryl methyl sites for hydroxylation is 2. The number of H-pyrrole nitrogens is 1. The largest absolute Gasteiger partial charge is 0.340 e. The molecule has 2 aromatic rings. The van der Waals surface area contributed by atoms with Crippen molar-refractivity contribution < 1.29 is 4.79 Å². The molecule has 0 aliphatic heterocycles. The van der Waals surface area contributed by atoms with Gasteiger partial charge in [0.25, 0.3) is 5.91 Å². The third kappa shape index (κ3) is 2.47. The Hall–Kier alpha value is -1.69. The van der Waals surface area contributed by atoms with Crippen LogP contribution in [0.2, 0.25) is 0 Å². The monoisotopic (exact) mass is 290 g/mol. The topological polar surface area (TPSA) is 61.9 Å². The Balaban J connectivity index is 1.74. The van der Waals surface area contributed by atoms with Gasteiger partial charge in [-0.15, -0.1) is 11.3 Å². The molecule has 0 radical (unpaired) electrons. The van der Waals surface area contributed by atoms with E-state index in [9.17, 15) is 4.79 Å². The molecule has 0 spiro atoms. The highest BCUT2D eigenvalue weighted by Crippen LogP contribution is 2.35. The number of nitrogens with zero attached hydrogens (tertiary/aromatic N) is 3. The molecular weight excluding hydrogens is 272 g/mol. The van der Waals surface area contributed by atoms with Crippen molar-refractivity contribution in [2.45, 2.75) is 32.1 Å². The summed E-state index contributed by atoms with van der Waals surface area (Å²) in [5.74, 6) is 0.349. The number of aromatic nitrogens is 3. The van der Waals surface area contributed by atoms with E-state index in [1.807, 2.05) is 7.05 Å². The van der Waals surface area contributed by atoms with Crippen LogP contribution in [0.3, 0.4) is 0 Å². The third-order valence-corrected chi connectivity index (χ3v) is 4.80. The minimum absolute atomic E-state index is 0.0124. The molecular formula is C14H18N4OS. The van der Waals surface area contributed by atoms with E-state index < -0.39 is 0 Å². The molecule has 0 bridgehead atoms. The zero-order valence-corrected chi connectivity index (χ0v) is 12.5. The van der Waals surface area contributed by atoms with E-state index in [1.54, 1.807) is 28.5 Å². The lowest BCUT2D eigenvalue weighted by Gasteiger charge is -2.26. The van der Waals surface area contributed by atoms with Gasteiger partial charge < -0.3 is 4.90 Å². The molecule has 2 aromatic heterocycles. The minimum Gasteiger partial charge on any atom is -0.340 e. The second-order valence-electron chi connectivity index (χ2n) is 5.29. The second-order valence-corrected chi connectivity index (χ2v) is 6.57. The molecule has 5 nitrogen and oxygen atoms in total. The lowest BCUT2D eigenvalue weighted by Crippen LogP contribution is -2.32. The summed E-state index contributed by atoms with van der Waals surface area (Å²) >= 11 is 1.80. The molecule has 1 unspecified atom stereocenters. The first kappa shape index (κ1) is 13.3. The van der Waals surface area contributed by atoms with Crippen LogP contribution in [0.5, 0.6) is 0 Å². The number of aromatic amines is 1. The van der Waals surface area contributed by atoms with E-state index >= 15 is 0 Å². The van der Waals surface area contributed by atoms with Crippen molar-refractivity contribution in [2.75, 3.05) is 13.6 Å². The van der Waals surface area contributed by atoms with E-state index in [2.05, 4.69) is 22.1 Å². The summed E-state index contributed by atoms with van der Waals surface area (Å²) in [4.78, 5) is 20.1. The number of likely N-dealkylation sites (N-methyl/N-ethyl adjacent to an activating group) is 1. The molecule has 6 heteroatoms. The van der Waals surface area contributed by atoms with Crippen molar-refractivity contribution in [1.29, 1.82) is 0 Å². The Morgan fingerprint density at radius 2 is 2.45 bits per heavy atom. The highest BCUT2D eigenvalue weighted by molar-refractivity contribution is 7.11. The average Bonchev–Trinajstić information content (AvgIpc) is 3.06. The van der Waals surface area contributed by atoms with Crippen molar-refractivity contribution in [3.63, 3.8) is 0 Å². The zero-order valence-electron chi connectivity index (χ0n) is 11.7. The summed E-state index contributed by atoms with van der Waals surface area (Å²) in [7, 11) is 1.84. The number of carbonyl (C=O) groups is 1.